The lowest BCUT2D eigenvalue weighted by molar-refractivity contribution is -0.164. The first-order chi connectivity index (χ1) is 6.54. The molecule has 0 atom stereocenters. The lowest BCUT2D eigenvalue weighted by atomic mass is 9.90. The molecule has 0 unspecified atom stereocenters. The number of carbonyl (C=O) groups is 4. The molecule has 0 bridgehead atoms. The van der Waals surface area contributed by atoms with Gasteiger partial charge in [0.15, 0.2) is 12.2 Å². The predicted molar refractivity (Wildman–Crippen MR) is 41.6 cm³/mol. The second-order valence-corrected chi connectivity index (χ2v) is 2.69. The summed E-state index contributed by atoms with van der Waals surface area (Å²) in [6.45, 7) is 0. The van der Waals surface area contributed by atoms with E-state index in [4.69, 9.17) is 0 Å². The van der Waals surface area contributed by atoms with Crippen molar-refractivity contribution in [3.05, 3.63) is 0 Å². The van der Waals surface area contributed by atoms with E-state index < -0.39 is 35.3 Å². The van der Waals surface area contributed by atoms with E-state index in [0.29, 0.717) is 0 Å². The molecule has 0 aromatic heterocycles. The van der Waals surface area contributed by atoms with Crippen molar-refractivity contribution in [3.63, 3.8) is 0 Å². The summed E-state index contributed by atoms with van der Waals surface area (Å²) in [5.41, 5.74) is 0. The number of methoxy groups -OCH3 is 2. The number of Topliss-reactive ketones (excluding diaryl/α,β-unsaturated/α-hetero) is 4. The first-order valence-corrected chi connectivity index (χ1v) is 3.76. The summed E-state index contributed by atoms with van der Waals surface area (Å²) in [7, 11) is 2.16. The monoisotopic (exact) mass is 200 g/mol. The molecule has 1 aliphatic rings. The first kappa shape index (κ1) is 10.7. The number of carbonyl (C=O) groups excluding carboxylic acids is 4. The second-order valence-electron chi connectivity index (χ2n) is 2.69. The zero-order valence-corrected chi connectivity index (χ0v) is 7.60. The van der Waals surface area contributed by atoms with Crippen LogP contribution in [0.1, 0.15) is 0 Å². The molecule has 0 aromatic carbocycles. The number of ether oxygens (including phenoxy) is 2. The summed E-state index contributed by atoms with van der Waals surface area (Å²) in [6, 6.07) is 0. The van der Waals surface area contributed by atoms with Crippen LogP contribution in [-0.2, 0) is 28.7 Å². The van der Waals surface area contributed by atoms with Crippen molar-refractivity contribution >= 4 is 23.1 Å². The molecule has 1 rings (SSSR count). The maximum absolute atomic E-state index is 11.2. The van der Waals surface area contributed by atoms with Gasteiger partial charge in [-0.3, -0.25) is 19.2 Å². The standard InChI is InChI=1S/C8H8O6/c1-13-7-3(9)5(11)8(14-2)6(12)4(7)10/h7-8H,1-2H3. The van der Waals surface area contributed by atoms with Gasteiger partial charge in [0, 0.05) is 14.2 Å². The average molecular weight is 200 g/mol. The van der Waals surface area contributed by atoms with Gasteiger partial charge in [-0.1, -0.05) is 0 Å². The molecule has 1 aliphatic carbocycles. The Bertz CT molecular complexity index is 258. The second kappa shape index (κ2) is 3.77. The predicted octanol–water partition coefficient (Wildman–Crippen LogP) is -1.69. The number of ketones is 4. The average Bonchev–Trinajstić information content (AvgIpc) is 2.17. The van der Waals surface area contributed by atoms with E-state index in [1.54, 1.807) is 0 Å². The molecule has 0 spiro atoms. The van der Waals surface area contributed by atoms with Crippen LogP contribution in [0, 0.1) is 0 Å². The molecule has 1 fully saturated rings. The highest BCUT2D eigenvalue weighted by molar-refractivity contribution is 6.63. The van der Waals surface area contributed by atoms with E-state index in [1.165, 1.54) is 0 Å². The van der Waals surface area contributed by atoms with Crippen LogP contribution in [0.15, 0.2) is 0 Å². The molecule has 0 aromatic rings. The van der Waals surface area contributed by atoms with E-state index in [2.05, 4.69) is 9.47 Å². The summed E-state index contributed by atoms with van der Waals surface area (Å²) < 4.78 is 8.91. The van der Waals surface area contributed by atoms with Crippen LogP contribution in [0.4, 0.5) is 0 Å². The van der Waals surface area contributed by atoms with Gasteiger partial charge < -0.3 is 9.47 Å². The van der Waals surface area contributed by atoms with Gasteiger partial charge in [0.1, 0.15) is 0 Å². The fraction of sp³-hybridized carbons (Fsp3) is 0.500. The Kier molecular flexibility index (Phi) is 2.87. The highest BCUT2D eigenvalue weighted by atomic mass is 16.5. The van der Waals surface area contributed by atoms with Crippen molar-refractivity contribution in [2.75, 3.05) is 14.2 Å². The largest absolute Gasteiger partial charge is 0.365 e. The molecule has 0 N–H and O–H groups in total. The highest BCUT2D eigenvalue weighted by Crippen LogP contribution is 2.11. The van der Waals surface area contributed by atoms with E-state index in [-0.39, 0.29) is 0 Å². The molecule has 0 heterocycles. The minimum absolute atomic E-state index is 1.04. The topological polar surface area (TPSA) is 86.7 Å². The third-order valence-corrected chi connectivity index (χ3v) is 1.91. The Morgan fingerprint density at radius 2 is 0.929 bits per heavy atom. The molecule has 6 heteroatoms. The summed E-state index contributed by atoms with van der Waals surface area (Å²) in [5, 5.41) is 0. The minimum atomic E-state index is -1.60. The molecule has 0 saturated heterocycles. The van der Waals surface area contributed by atoms with Crippen LogP contribution in [0.5, 0.6) is 0 Å². The third-order valence-electron chi connectivity index (χ3n) is 1.91. The number of hydrogen-bond acceptors (Lipinski definition) is 6. The highest BCUT2D eigenvalue weighted by Gasteiger charge is 2.49. The SMILES string of the molecule is COC1C(=O)C(=O)C(OC)C(=O)C1=O. The Hall–Kier alpha value is -1.40. The Morgan fingerprint density at radius 1 is 0.714 bits per heavy atom. The van der Waals surface area contributed by atoms with Gasteiger partial charge in [-0.05, 0) is 0 Å². The zero-order chi connectivity index (χ0) is 10.9. The smallest absolute Gasteiger partial charge is 0.238 e. The van der Waals surface area contributed by atoms with Gasteiger partial charge >= 0.3 is 0 Å². The van der Waals surface area contributed by atoms with Crippen LogP contribution >= 0.6 is 0 Å². The van der Waals surface area contributed by atoms with Crippen molar-refractivity contribution in [2.24, 2.45) is 0 Å². The molecule has 76 valence electrons. The van der Waals surface area contributed by atoms with Gasteiger partial charge in [0.25, 0.3) is 0 Å². The van der Waals surface area contributed by atoms with Gasteiger partial charge in [0.2, 0.25) is 23.1 Å². The van der Waals surface area contributed by atoms with Crippen LogP contribution in [-0.4, -0.2) is 49.6 Å². The normalized spacial score (nSPS) is 28.4. The van der Waals surface area contributed by atoms with Crippen molar-refractivity contribution in [3.8, 4) is 0 Å². The van der Waals surface area contributed by atoms with Crippen molar-refractivity contribution in [1.29, 1.82) is 0 Å². The van der Waals surface area contributed by atoms with Gasteiger partial charge in [-0.25, -0.2) is 0 Å². The van der Waals surface area contributed by atoms with Crippen LogP contribution in [0.3, 0.4) is 0 Å². The lowest BCUT2D eigenvalue weighted by Crippen LogP contribution is -2.56. The molecular formula is C8H8O6. The summed E-state index contributed by atoms with van der Waals surface area (Å²) in [5.74, 6) is -4.15. The first-order valence-electron chi connectivity index (χ1n) is 3.76. The Balaban J connectivity index is 3.06. The molecule has 14 heavy (non-hydrogen) atoms. The molecule has 1 saturated carbocycles. The summed E-state index contributed by atoms with van der Waals surface area (Å²) in [4.78, 5) is 44.6. The van der Waals surface area contributed by atoms with E-state index in [1.807, 2.05) is 0 Å². The van der Waals surface area contributed by atoms with E-state index in [9.17, 15) is 19.2 Å². The van der Waals surface area contributed by atoms with Crippen molar-refractivity contribution < 1.29 is 28.7 Å². The van der Waals surface area contributed by atoms with Crippen LogP contribution < -0.4 is 0 Å². The molecule has 0 radical (unpaired) electrons. The van der Waals surface area contributed by atoms with Crippen molar-refractivity contribution in [2.45, 2.75) is 12.2 Å². The molecule has 6 nitrogen and oxygen atoms in total. The maximum Gasteiger partial charge on any atom is 0.238 e. The summed E-state index contributed by atoms with van der Waals surface area (Å²) in [6.07, 6.45) is -3.19. The van der Waals surface area contributed by atoms with Gasteiger partial charge in [-0.2, -0.15) is 0 Å². The van der Waals surface area contributed by atoms with E-state index in [0.717, 1.165) is 14.2 Å². The fourth-order valence-electron chi connectivity index (χ4n) is 1.18. The Morgan fingerprint density at radius 3 is 1.07 bits per heavy atom. The zero-order valence-electron chi connectivity index (χ0n) is 7.60. The van der Waals surface area contributed by atoms with Crippen LogP contribution in [0.25, 0.3) is 0 Å². The number of hydrogen-bond donors (Lipinski definition) is 0. The molecule has 0 aliphatic heterocycles. The Labute approximate surface area is 79.2 Å². The minimum Gasteiger partial charge on any atom is -0.365 e. The van der Waals surface area contributed by atoms with E-state index >= 15 is 0 Å². The maximum atomic E-state index is 11.2. The number of rotatable bonds is 2. The van der Waals surface area contributed by atoms with Gasteiger partial charge in [-0.15, -0.1) is 0 Å². The summed E-state index contributed by atoms with van der Waals surface area (Å²) >= 11 is 0. The van der Waals surface area contributed by atoms with Gasteiger partial charge in [0.05, 0.1) is 0 Å². The fourth-order valence-corrected chi connectivity index (χ4v) is 1.18. The quantitative estimate of drug-likeness (QED) is 0.390. The van der Waals surface area contributed by atoms with Crippen LogP contribution in [0.2, 0.25) is 0 Å². The lowest BCUT2D eigenvalue weighted by Gasteiger charge is -2.21. The molecular weight excluding hydrogens is 192 g/mol. The molecule has 0 amide bonds. The van der Waals surface area contributed by atoms with Crippen molar-refractivity contribution in [1.82, 2.24) is 0 Å². The third kappa shape index (κ3) is 1.38.